The lowest BCUT2D eigenvalue weighted by Gasteiger charge is -1.52. The highest BCUT2D eigenvalue weighted by atomic mass is 35.5. The summed E-state index contributed by atoms with van der Waals surface area (Å²) in [4.78, 5) is 0. The molecule has 0 aromatic rings. The third kappa shape index (κ3) is 542. The molecule has 0 saturated carbocycles. The molecule has 4 heteroatoms. The van der Waals surface area contributed by atoms with Crippen molar-refractivity contribution in [2.45, 2.75) is 6.92 Å². The number of aliphatic hydroxyl groups is 1. The van der Waals surface area contributed by atoms with Crippen molar-refractivity contribution in [2.75, 3.05) is 6.61 Å². The Labute approximate surface area is 48.8 Å². The van der Waals surface area contributed by atoms with Gasteiger partial charge in [-0.15, -0.1) is 12.4 Å². The van der Waals surface area contributed by atoms with Crippen molar-refractivity contribution in [3.63, 3.8) is 0 Å². The lowest BCUT2D eigenvalue weighted by molar-refractivity contribution is 0.318. The highest BCUT2D eigenvalue weighted by Gasteiger charge is 1.34. The van der Waals surface area contributed by atoms with E-state index in [1.807, 2.05) is 0 Å². The van der Waals surface area contributed by atoms with Crippen molar-refractivity contribution < 1.29 is 5.11 Å². The van der Waals surface area contributed by atoms with E-state index in [-0.39, 0.29) is 19.0 Å². The zero-order valence-corrected chi connectivity index (χ0v) is 4.88. The third-order valence-electron chi connectivity index (χ3n) is 0. The molecule has 0 aromatic carbocycles. The summed E-state index contributed by atoms with van der Waals surface area (Å²) in [6.45, 7) is 1.93. The van der Waals surface area contributed by atoms with Gasteiger partial charge in [0.05, 0.1) is 6.01 Å². The van der Waals surface area contributed by atoms with Crippen LogP contribution in [0.5, 0.6) is 0 Å². The summed E-state index contributed by atoms with van der Waals surface area (Å²) in [6, 6.07) is 1.25. The van der Waals surface area contributed by atoms with Crippen LogP contribution in [-0.2, 0) is 0 Å². The number of rotatable bonds is 0. The third-order valence-corrected chi connectivity index (χ3v) is 0. The minimum atomic E-state index is 0. The molecule has 0 atom stereocenters. The smallest absolute Gasteiger partial charge is 0.0831 e. The van der Waals surface area contributed by atoms with Crippen molar-refractivity contribution in [3.05, 3.63) is 0 Å². The van der Waals surface area contributed by atoms with Crippen LogP contribution in [0.15, 0.2) is 0 Å². The molecule has 3 N–H and O–H groups in total. The van der Waals surface area contributed by atoms with Crippen molar-refractivity contribution in [2.24, 2.45) is 0 Å². The van der Waals surface area contributed by atoms with Crippen LogP contribution in [0.25, 0.3) is 0 Å². The standard InChI is InChI=1S/C2H6O.CH2N2.ClH/c1-2-3;2-1-3;/h3H,2H2,1H3;2-3H;1H. The van der Waals surface area contributed by atoms with Gasteiger partial charge in [0, 0.05) is 6.61 Å². The maximum atomic E-state index is 7.57. The molecule has 0 spiro atoms. The fourth-order valence-corrected chi connectivity index (χ4v) is 0. The van der Waals surface area contributed by atoms with E-state index in [1.165, 1.54) is 6.01 Å². The van der Waals surface area contributed by atoms with Gasteiger partial charge in [0.25, 0.3) is 0 Å². The molecule has 3 nitrogen and oxygen atoms in total. The zero-order valence-electron chi connectivity index (χ0n) is 4.06. The summed E-state index contributed by atoms with van der Waals surface area (Å²) in [5.74, 6) is 0. The molecule has 0 amide bonds. The Morgan fingerprint density at radius 2 is 1.57 bits per heavy atom. The highest BCUT2D eigenvalue weighted by molar-refractivity contribution is 5.85. The Hall–Kier alpha value is -0.370. The van der Waals surface area contributed by atoms with Crippen LogP contribution in [0.3, 0.4) is 0 Å². The molecule has 0 saturated heterocycles. The molecule has 44 valence electrons. The second-order valence-corrected chi connectivity index (χ2v) is 0.441. The predicted molar refractivity (Wildman–Crippen MR) is 30.5 cm³/mol. The second kappa shape index (κ2) is 45.4. The van der Waals surface area contributed by atoms with E-state index in [4.69, 9.17) is 15.9 Å². The summed E-state index contributed by atoms with van der Waals surface area (Å²) in [7, 11) is 0. The van der Waals surface area contributed by atoms with Gasteiger partial charge in [0.2, 0.25) is 0 Å². The minimum absolute atomic E-state index is 0. The Bertz CT molecular complexity index is 42.2. The van der Waals surface area contributed by atoms with Crippen LogP contribution in [0.4, 0.5) is 0 Å². The Kier molecular flexibility index (Phi) is 103. The zero-order chi connectivity index (χ0) is 5.41. The number of halogens is 1. The summed E-state index contributed by atoms with van der Waals surface area (Å²) in [5, 5.41) is 18.8. The first-order valence-corrected chi connectivity index (χ1v) is 1.52. The maximum Gasteiger partial charge on any atom is 0.0831 e. The van der Waals surface area contributed by atoms with Gasteiger partial charge in [-0.2, -0.15) is 0 Å². The average Bonchev–Trinajstić information content (AvgIpc) is 1.39. The van der Waals surface area contributed by atoms with Gasteiger partial charge in [-0.3, -0.25) is 0 Å². The van der Waals surface area contributed by atoms with Crippen molar-refractivity contribution in [1.29, 1.82) is 10.8 Å². The van der Waals surface area contributed by atoms with Crippen LogP contribution in [0.1, 0.15) is 6.92 Å². The van der Waals surface area contributed by atoms with Crippen molar-refractivity contribution >= 4 is 18.4 Å². The Balaban J connectivity index is -0.0000000400. The number of aliphatic hydroxyl groups excluding tert-OH is 1. The fraction of sp³-hybridized carbons (Fsp3) is 0.667. The lowest BCUT2D eigenvalue weighted by atomic mass is 10.9. The van der Waals surface area contributed by atoms with Gasteiger partial charge in [0.15, 0.2) is 0 Å². The normalized spacial score (nSPS) is 3.71. The minimum Gasteiger partial charge on any atom is -0.397 e. The van der Waals surface area contributed by atoms with Gasteiger partial charge in [-0.1, -0.05) is 0 Å². The predicted octanol–water partition coefficient (Wildman–Crippen LogP) is 0.738. The number of hydrogen-bond donors (Lipinski definition) is 3. The highest BCUT2D eigenvalue weighted by Crippen LogP contribution is 1.30. The second-order valence-electron chi connectivity index (χ2n) is 0.441. The molecule has 0 bridgehead atoms. The van der Waals surface area contributed by atoms with Crippen molar-refractivity contribution in [3.8, 4) is 0 Å². The molecule has 7 heavy (non-hydrogen) atoms. The van der Waals surface area contributed by atoms with E-state index >= 15 is 0 Å². The van der Waals surface area contributed by atoms with E-state index < -0.39 is 0 Å². The molecule has 0 rings (SSSR count). The van der Waals surface area contributed by atoms with Gasteiger partial charge in [0.1, 0.15) is 0 Å². The maximum absolute atomic E-state index is 7.57. The topological polar surface area (TPSA) is 67.9 Å². The number of hydrogen-bond acceptors (Lipinski definition) is 3. The van der Waals surface area contributed by atoms with E-state index in [1.54, 1.807) is 6.92 Å². The van der Waals surface area contributed by atoms with Crippen molar-refractivity contribution in [1.82, 2.24) is 0 Å². The molecule has 0 aromatic heterocycles. The Morgan fingerprint density at radius 1 is 1.57 bits per heavy atom. The fourth-order valence-electron chi connectivity index (χ4n) is 0. The summed E-state index contributed by atoms with van der Waals surface area (Å²) < 4.78 is 0. The molecule has 0 radical (unpaired) electrons. The van der Waals surface area contributed by atoms with Crippen LogP contribution < -0.4 is 0 Å². The van der Waals surface area contributed by atoms with Crippen LogP contribution in [-0.4, -0.2) is 17.7 Å². The van der Waals surface area contributed by atoms with E-state index in [2.05, 4.69) is 0 Å². The van der Waals surface area contributed by atoms with Gasteiger partial charge < -0.3 is 5.11 Å². The molecule has 0 aliphatic heterocycles. The molecule has 0 aliphatic carbocycles. The van der Waals surface area contributed by atoms with Crippen LogP contribution in [0.2, 0.25) is 0 Å². The average molecular weight is 125 g/mol. The SMILES string of the molecule is CCO.Cl.N=C=N. The largest absolute Gasteiger partial charge is 0.397 e. The van der Waals surface area contributed by atoms with Gasteiger partial charge in [-0.25, -0.2) is 10.8 Å². The molecular weight excluding hydrogens is 115 g/mol. The molecule has 0 fully saturated rings. The monoisotopic (exact) mass is 124 g/mol. The lowest BCUT2D eigenvalue weighted by Crippen LogP contribution is -1.57. The first-order chi connectivity index (χ1) is 2.83. The molecular formula is C3H9ClN2O. The summed E-state index contributed by atoms with van der Waals surface area (Å²) >= 11 is 0. The van der Waals surface area contributed by atoms with Gasteiger partial charge in [-0.05, 0) is 6.92 Å². The molecule has 0 aliphatic rings. The van der Waals surface area contributed by atoms with Gasteiger partial charge >= 0.3 is 0 Å². The summed E-state index contributed by atoms with van der Waals surface area (Å²) in [5.41, 5.74) is 0. The first-order valence-electron chi connectivity index (χ1n) is 1.52. The van der Waals surface area contributed by atoms with E-state index in [0.29, 0.717) is 0 Å². The Morgan fingerprint density at radius 3 is 1.57 bits per heavy atom. The first kappa shape index (κ1) is 15.9. The molecule has 0 heterocycles. The van der Waals surface area contributed by atoms with Crippen LogP contribution in [0, 0.1) is 10.8 Å². The quantitative estimate of drug-likeness (QED) is 0.410. The number of nitrogens with one attached hydrogen (secondary N) is 2. The summed E-state index contributed by atoms with van der Waals surface area (Å²) in [6.07, 6.45) is 0. The van der Waals surface area contributed by atoms with Crippen LogP contribution >= 0.6 is 12.4 Å². The van der Waals surface area contributed by atoms with E-state index in [9.17, 15) is 0 Å². The van der Waals surface area contributed by atoms with E-state index in [0.717, 1.165) is 0 Å². The molecule has 0 unspecified atom stereocenters.